The minimum atomic E-state index is -0.602. The Labute approximate surface area is 198 Å². The van der Waals surface area contributed by atoms with Crippen molar-refractivity contribution in [3.63, 3.8) is 0 Å². The van der Waals surface area contributed by atoms with Gasteiger partial charge in [-0.25, -0.2) is 14.2 Å². The summed E-state index contributed by atoms with van der Waals surface area (Å²) in [5, 5.41) is 6.83. The van der Waals surface area contributed by atoms with Crippen LogP contribution in [0.3, 0.4) is 0 Å². The van der Waals surface area contributed by atoms with Crippen molar-refractivity contribution in [1.82, 2.24) is 24.6 Å². The molecule has 1 amide bonds. The summed E-state index contributed by atoms with van der Waals surface area (Å²) in [7, 11) is 0. The molecule has 3 aromatic rings. The predicted octanol–water partition coefficient (Wildman–Crippen LogP) is 2.98. The molecular formula is C23H26FN5O4S. The van der Waals surface area contributed by atoms with Crippen LogP contribution in [0.5, 0.6) is 0 Å². The molecule has 9 nitrogen and oxygen atoms in total. The number of carbonyl (C=O) groups excluding carboxylic acids is 1. The van der Waals surface area contributed by atoms with Crippen LogP contribution in [0.15, 0.2) is 32.4 Å². The van der Waals surface area contributed by atoms with Crippen molar-refractivity contribution in [2.45, 2.75) is 63.6 Å². The fourth-order valence-electron chi connectivity index (χ4n) is 5.01. The average Bonchev–Trinajstić information content (AvgIpc) is 3.28. The summed E-state index contributed by atoms with van der Waals surface area (Å²) >= 11 is 1.84. The molecule has 1 saturated heterocycles. The number of nitrogens with zero attached hydrogens (tertiary/aromatic N) is 4. The van der Waals surface area contributed by atoms with Crippen LogP contribution in [0.1, 0.15) is 66.9 Å². The van der Waals surface area contributed by atoms with E-state index in [4.69, 9.17) is 4.52 Å². The summed E-state index contributed by atoms with van der Waals surface area (Å²) in [6.07, 6.45) is 4.98. The van der Waals surface area contributed by atoms with Crippen molar-refractivity contribution in [1.29, 1.82) is 0 Å². The maximum Gasteiger partial charge on any atom is 0.333 e. The standard InChI is InChI=1S/C23H26FN5O4S/c1-13-10-19(27-33-13)21(30)26-15-2-4-16(5-3-15)29-22(31)18-11-14(24)12-25-20(18)28(23(29)32)17-6-8-34-9-7-17/h10-12,15-17H,2-9H2,1H3,(H,26,30). The van der Waals surface area contributed by atoms with E-state index in [1.54, 1.807) is 17.6 Å². The van der Waals surface area contributed by atoms with Crippen molar-refractivity contribution in [2.75, 3.05) is 11.5 Å². The second-order valence-corrected chi connectivity index (χ2v) is 10.2. The first-order valence-electron chi connectivity index (χ1n) is 11.6. The zero-order valence-corrected chi connectivity index (χ0v) is 19.6. The minimum Gasteiger partial charge on any atom is -0.361 e. The van der Waals surface area contributed by atoms with Gasteiger partial charge in [-0.15, -0.1) is 0 Å². The molecule has 0 radical (unpaired) electrons. The van der Waals surface area contributed by atoms with Crippen molar-refractivity contribution < 1.29 is 13.7 Å². The number of halogens is 1. The van der Waals surface area contributed by atoms with E-state index in [0.717, 1.165) is 30.5 Å². The number of fused-ring (bicyclic) bond motifs is 1. The number of aromatic nitrogens is 4. The lowest BCUT2D eigenvalue weighted by Crippen LogP contribution is -2.46. The third-order valence-electron chi connectivity index (χ3n) is 6.74. The van der Waals surface area contributed by atoms with Crippen LogP contribution >= 0.6 is 11.8 Å². The number of carbonyl (C=O) groups is 1. The maximum absolute atomic E-state index is 14.0. The Morgan fingerprint density at radius 3 is 2.47 bits per heavy atom. The van der Waals surface area contributed by atoms with E-state index in [1.165, 1.54) is 10.6 Å². The topological polar surface area (TPSA) is 112 Å². The van der Waals surface area contributed by atoms with Gasteiger partial charge in [0.25, 0.3) is 11.5 Å². The van der Waals surface area contributed by atoms with Crippen LogP contribution in [0.25, 0.3) is 11.0 Å². The molecule has 5 rings (SSSR count). The largest absolute Gasteiger partial charge is 0.361 e. The van der Waals surface area contributed by atoms with E-state index in [2.05, 4.69) is 15.5 Å². The van der Waals surface area contributed by atoms with Crippen molar-refractivity contribution in [2.24, 2.45) is 0 Å². The van der Waals surface area contributed by atoms with Gasteiger partial charge < -0.3 is 9.84 Å². The fraction of sp³-hybridized carbons (Fsp3) is 0.522. The van der Waals surface area contributed by atoms with Crippen LogP contribution < -0.4 is 16.6 Å². The molecule has 0 unspecified atom stereocenters. The smallest absolute Gasteiger partial charge is 0.333 e. The summed E-state index contributed by atoms with van der Waals surface area (Å²) < 4.78 is 21.9. The van der Waals surface area contributed by atoms with Gasteiger partial charge >= 0.3 is 5.69 Å². The number of pyridine rings is 1. The van der Waals surface area contributed by atoms with Gasteiger partial charge in [-0.05, 0) is 63.0 Å². The van der Waals surface area contributed by atoms with Gasteiger partial charge in [-0.3, -0.25) is 18.7 Å². The molecule has 3 aromatic heterocycles. The van der Waals surface area contributed by atoms with Gasteiger partial charge in [-0.2, -0.15) is 11.8 Å². The number of aryl methyl sites for hydroxylation is 1. The van der Waals surface area contributed by atoms with Crippen LogP contribution in [-0.4, -0.2) is 42.7 Å². The third-order valence-corrected chi connectivity index (χ3v) is 7.79. The number of thioether (sulfide) groups is 1. The monoisotopic (exact) mass is 487 g/mol. The molecule has 0 bridgehead atoms. The molecule has 11 heteroatoms. The summed E-state index contributed by atoms with van der Waals surface area (Å²) in [5.41, 5.74) is -0.389. The van der Waals surface area contributed by atoms with E-state index in [9.17, 15) is 18.8 Å². The lowest BCUT2D eigenvalue weighted by Gasteiger charge is -2.31. The van der Waals surface area contributed by atoms with Crippen LogP contribution in [0.4, 0.5) is 4.39 Å². The zero-order valence-electron chi connectivity index (χ0n) is 18.8. The van der Waals surface area contributed by atoms with Crippen LogP contribution in [0.2, 0.25) is 0 Å². The Kier molecular flexibility index (Phi) is 6.28. The minimum absolute atomic E-state index is 0.0670. The first-order chi connectivity index (χ1) is 16.4. The Bertz CT molecular complexity index is 1340. The summed E-state index contributed by atoms with van der Waals surface area (Å²) in [5.74, 6) is 1.50. The lowest BCUT2D eigenvalue weighted by atomic mass is 9.90. The Morgan fingerprint density at radius 1 is 1.09 bits per heavy atom. The van der Waals surface area contributed by atoms with Gasteiger partial charge in [-0.1, -0.05) is 5.16 Å². The van der Waals surface area contributed by atoms with Crippen LogP contribution in [0, 0.1) is 12.7 Å². The molecule has 2 aliphatic rings. The molecule has 4 heterocycles. The molecule has 1 saturated carbocycles. The Balaban J connectivity index is 1.43. The van der Waals surface area contributed by atoms with Crippen molar-refractivity contribution in [3.8, 4) is 0 Å². The van der Waals surface area contributed by atoms with Gasteiger partial charge in [0, 0.05) is 24.2 Å². The average molecular weight is 488 g/mol. The maximum atomic E-state index is 14.0. The second-order valence-electron chi connectivity index (χ2n) is 9.00. The molecule has 0 aromatic carbocycles. The van der Waals surface area contributed by atoms with E-state index in [0.29, 0.717) is 31.4 Å². The quantitative estimate of drug-likeness (QED) is 0.602. The van der Waals surface area contributed by atoms with Crippen LogP contribution in [-0.2, 0) is 0 Å². The first-order valence-corrected chi connectivity index (χ1v) is 12.7. The van der Waals surface area contributed by atoms with Gasteiger partial charge in [0.05, 0.1) is 11.6 Å². The highest BCUT2D eigenvalue weighted by molar-refractivity contribution is 7.99. The van der Waals surface area contributed by atoms with E-state index >= 15 is 0 Å². The third kappa shape index (κ3) is 4.28. The highest BCUT2D eigenvalue weighted by atomic mass is 32.2. The van der Waals surface area contributed by atoms with Gasteiger partial charge in [0.2, 0.25) is 0 Å². The highest BCUT2D eigenvalue weighted by Gasteiger charge is 2.30. The SMILES string of the molecule is Cc1cc(C(=O)NC2CCC(n3c(=O)c4cc(F)cnc4n(C4CCSCC4)c3=O)CC2)no1. The molecule has 34 heavy (non-hydrogen) atoms. The fourth-order valence-corrected chi connectivity index (χ4v) is 6.09. The van der Waals surface area contributed by atoms with Gasteiger partial charge in [0.1, 0.15) is 17.2 Å². The predicted molar refractivity (Wildman–Crippen MR) is 126 cm³/mol. The molecule has 1 N–H and O–H groups in total. The first kappa shape index (κ1) is 22.8. The highest BCUT2D eigenvalue weighted by Crippen LogP contribution is 2.30. The van der Waals surface area contributed by atoms with Gasteiger partial charge in [0.15, 0.2) is 5.69 Å². The van der Waals surface area contributed by atoms with E-state index < -0.39 is 11.4 Å². The lowest BCUT2D eigenvalue weighted by molar-refractivity contribution is 0.0912. The number of nitrogens with one attached hydrogen (secondary N) is 1. The summed E-state index contributed by atoms with van der Waals surface area (Å²) in [4.78, 5) is 43.5. The van der Waals surface area contributed by atoms with E-state index in [-0.39, 0.29) is 46.4 Å². The second kappa shape index (κ2) is 9.36. The molecule has 0 atom stereocenters. The molecule has 2 fully saturated rings. The summed E-state index contributed by atoms with van der Waals surface area (Å²) in [6.45, 7) is 1.72. The number of rotatable bonds is 4. The Morgan fingerprint density at radius 2 is 1.79 bits per heavy atom. The number of hydrogen-bond donors (Lipinski definition) is 1. The van der Waals surface area contributed by atoms with Crippen molar-refractivity contribution in [3.05, 3.63) is 56.4 Å². The Hall–Kier alpha value is -2.95. The molecule has 1 aliphatic heterocycles. The van der Waals surface area contributed by atoms with E-state index in [1.807, 2.05) is 11.8 Å². The van der Waals surface area contributed by atoms with Crippen molar-refractivity contribution >= 4 is 28.7 Å². The normalized spacial score (nSPS) is 21.6. The molecule has 0 spiro atoms. The molecular weight excluding hydrogens is 461 g/mol. The number of hydrogen-bond acceptors (Lipinski definition) is 7. The number of amides is 1. The molecule has 180 valence electrons. The molecule has 1 aliphatic carbocycles. The zero-order chi connectivity index (χ0) is 23.8. The summed E-state index contributed by atoms with van der Waals surface area (Å²) in [6, 6.07) is 2.28.